The number of rotatable bonds is 9. The molecule has 1 saturated heterocycles. The van der Waals surface area contributed by atoms with Gasteiger partial charge in [0.2, 0.25) is 0 Å². The number of nitrogens with zero attached hydrogens (tertiary/aromatic N) is 2. The van der Waals surface area contributed by atoms with E-state index >= 15 is 0 Å². The molecule has 1 amide bonds. The summed E-state index contributed by atoms with van der Waals surface area (Å²) in [6.45, 7) is 5.01. The monoisotopic (exact) mass is 472 g/mol. The van der Waals surface area contributed by atoms with Gasteiger partial charge >= 0.3 is 0 Å². The van der Waals surface area contributed by atoms with Gasteiger partial charge in [-0.2, -0.15) is 0 Å². The van der Waals surface area contributed by atoms with E-state index < -0.39 is 17.7 Å². The number of carbonyl (C=O) groups is 2. The van der Waals surface area contributed by atoms with Gasteiger partial charge in [-0.1, -0.05) is 49.4 Å². The van der Waals surface area contributed by atoms with Crippen molar-refractivity contribution in [3.8, 4) is 11.5 Å². The fraction of sp³-hybridized carbons (Fsp3) is 0.250. The number of carbonyl (C=O) groups excluding carboxylic acids is 2. The molecule has 0 spiro atoms. The van der Waals surface area contributed by atoms with Gasteiger partial charge in [0.05, 0.1) is 24.8 Å². The number of aliphatic hydroxyl groups excluding tert-OH is 1. The zero-order chi connectivity index (χ0) is 24.8. The molecule has 0 bridgehead atoms. The van der Waals surface area contributed by atoms with E-state index in [1.807, 2.05) is 26.0 Å². The summed E-state index contributed by atoms with van der Waals surface area (Å²) < 4.78 is 11.6. The fourth-order valence-electron chi connectivity index (χ4n) is 4.12. The molecule has 1 atom stereocenters. The first-order valence-electron chi connectivity index (χ1n) is 11.7. The van der Waals surface area contributed by atoms with Crippen molar-refractivity contribution < 1.29 is 24.2 Å². The van der Waals surface area contributed by atoms with Gasteiger partial charge < -0.3 is 19.5 Å². The molecule has 35 heavy (non-hydrogen) atoms. The molecular weight excluding hydrogens is 444 g/mol. The quantitative estimate of drug-likeness (QED) is 0.271. The average molecular weight is 473 g/mol. The summed E-state index contributed by atoms with van der Waals surface area (Å²) in [6, 6.07) is 16.9. The van der Waals surface area contributed by atoms with Gasteiger partial charge in [-0.3, -0.25) is 14.6 Å². The molecule has 1 aliphatic heterocycles. The third-order valence-corrected chi connectivity index (χ3v) is 5.71. The Morgan fingerprint density at radius 2 is 1.80 bits per heavy atom. The standard InChI is InChI=1S/C28H28N2O5/c1-3-15-35-22-13-12-21(16-23(22)34-4-2)25-24(26(31)20-10-6-5-7-11-20)27(32)28(33)30(25)18-19-9-8-14-29-17-19/h5-14,16-17,25,31H,3-4,15,18H2,1-2H3. The Kier molecular flexibility index (Phi) is 7.45. The molecule has 1 N–H and O–H groups in total. The number of amides is 1. The van der Waals surface area contributed by atoms with Crippen LogP contribution in [-0.4, -0.2) is 39.9 Å². The normalized spacial score (nSPS) is 17.0. The zero-order valence-electron chi connectivity index (χ0n) is 19.8. The Balaban J connectivity index is 1.85. The van der Waals surface area contributed by atoms with E-state index in [4.69, 9.17) is 9.47 Å². The molecule has 3 aromatic rings. The molecule has 0 aliphatic carbocycles. The van der Waals surface area contributed by atoms with Crippen molar-refractivity contribution in [3.63, 3.8) is 0 Å². The summed E-state index contributed by atoms with van der Waals surface area (Å²) in [5, 5.41) is 11.2. The molecule has 2 aromatic carbocycles. The van der Waals surface area contributed by atoms with E-state index in [2.05, 4.69) is 4.98 Å². The Morgan fingerprint density at radius 3 is 2.49 bits per heavy atom. The summed E-state index contributed by atoms with van der Waals surface area (Å²) in [6.07, 6.45) is 4.14. The average Bonchev–Trinajstić information content (AvgIpc) is 3.13. The van der Waals surface area contributed by atoms with E-state index in [1.54, 1.807) is 60.9 Å². The third-order valence-electron chi connectivity index (χ3n) is 5.71. The summed E-state index contributed by atoms with van der Waals surface area (Å²) >= 11 is 0. The van der Waals surface area contributed by atoms with E-state index in [0.29, 0.717) is 35.8 Å². The van der Waals surface area contributed by atoms with Gasteiger partial charge in [-0.25, -0.2) is 0 Å². The van der Waals surface area contributed by atoms with E-state index in [1.165, 1.54) is 4.90 Å². The van der Waals surface area contributed by atoms with Gasteiger partial charge in [-0.15, -0.1) is 0 Å². The number of aliphatic hydroxyl groups is 1. The van der Waals surface area contributed by atoms with Gasteiger partial charge in [0, 0.05) is 24.5 Å². The summed E-state index contributed by atoms with van der Waals surface area (Å²) in [4.78, 5) is 32.0. The largest absolute Gasteiger partial charge is 0.507 e. The van der Waals surface area contributed by atoms with Crippen LogP contribution in [0.4, 0.5) is 0 Å². The highest BCUT2D eigenvalue weighted by atomic mass is 16.5. The van der Waals surface area contributed by atoms with Gasteiger partial charge in [0.1, 0.15) is 5.76 Å². The molecular formula is C28H28N2O5. The van der Waals surface area contributed by atoms with E-state index in [9.17, 15) is 14.7 Å². The van der Waals surface area contributed by atoms with Gasteiger partial charge in [0.25, 0.3) is 11.7 Å². The Hall–Kier alpha value is -4.13. The predicted octanol–water partition coefficient (Wildman–Crippen LogP) is 4.89. The smallest absolute Gasteiger partial charge is 0.295 e. The van der Waals surface area contributed by atoms with E-state index in [-0.39, 0.29) is 17.9 Å². The number of benzene rings is 2. The molecule has 4 rings (SSSR count). The molecule has 1 fully saturated rings. The number of hydrogen-bond acceptors (Lipinski definition) is 6. The van der Waals surface area contributed by atoms with Crippen LogP contribution < -0.4 is 9.47 Å². The molecule has 180 valence electrons. The van der Waals surface area contributed by atoms with Crippen molar-refractivity contribution in [2.24, 2.45) is 0 Å². The number of aromatic nitrogens is 1. The number of Topliss-reactive ketones (excluding diaryl/α,β-unsaturated/α-hetero) is 1. The molecule has 0 saturated carbocycles. The molecule has 1 aliphatic rings. The number of ether oxygens (including phenoxy) is 2. The SMILES string of the molecule is CCCOc1ccc(C2C(=C(O)c3ccccc3)C(=O)C(=O)N2Cc2cccnc2)cc1OCC. The molecule has 2 heterocycles. The number of likely N-dealkylation sites (tertiary alicyclic amines) is 1. The number of pyridine rings is 1. The number of hydrogen-bond donors (Lipinski definition) is 1. The Labute approximate surface area is 204 Å². The minimum Gasteiger partial charge on any atom is -0.507 e. The molecule has 7 nitrogen and oxygen atoms in total. The minimum absolute atomic E-state index is 0.0368. The summed E-state index contributed by atoms with van der Waals surface area (Å²) in [5.74, 6) is -0.521. The lowest BCUT2D eigenvalue weighted by Crippen LogP contribution is -2.29. The summed E-state index contributed by atoms with van der Waals surface area (Å²) in [5.41, 5.74) is 1.91. The van der Waals surface area contributed by atoms with Crippen LogP contribution in [0.3, 0.4) is 0 Å². The zero-order valence-corrected chi connectivity index (χ0v) is 19.8. The van der Waals surface area contributed by atoms with Gasteiger partial charge in [0.15, 0.2) is 11.5 Å². The Bertz CT molecular complexity index is 1220. The first-order valence-corrected chi connectivity index (χ1v) is 11.7. The maximum Gasteiger partial charge on any atom is 0.295 e. The van der Waals surface area contributed by atoms with Crippen LogP contribution in [0.1, 0.15) is 43.0 Å². The van der Waals surface area contributed by atoms with E-state index in [0.717, 1.165) is 12.0 Å². The van der Waals surface area contributed by atoms with Crippen molar-refractivity contribution in [3.05, 3.63) is 95.3 Å². The lowest BCUT2D eigenvalue weighted by Gasteiger charge is -2.26. The van der Waals surface area contributed by atoms with Crippen molar-refractivity contribution >= 4 is 17.4 Å². The van der Waals surface area contributed by atoms with Crippen molar-refractivity contribution in [1.82, 2.24) is 9.88 Å². The molecule has 1 unspecified atom stereocenters. The topological polar surface area (TPSA) is 89.0 Å². The van der Waals surface area contributed by atoms with Crippen molar-refractivity contribution in [2.45, 2.75) is 32.9 Å². The van der Waals surface area contributed by atoms with Crippen LogP contribution in [0.15, 0.2) is 78.6 Å². The lowest BCUT2D eigenvalue weighted by molar-refractivity contribution is -0.140. The minimum atomic E-state index is -0.810. The second-order valence-corrected chi connectivity index (χ2v) is 8.14. The van der Waals surface area contributed by atoms with Crippen LogP contribution in [0, 0.1) is 0 Å². The second-order valence-electron chi connectivity index (χ2n) is 8.14. The van der Waals surface area contributed by atoms with Crippen LogP contribution in [0.5, 0.6) is 11.5 Å². The van der Waals surface area contributed by atoms with Crippen molar-refractivity contribution in [1.29, 1.82) is 0 Å². The van der Waals surface area contributed by atoms with Gasteiger partial charge in [-0.05, 0) is 42.7 Å². The highest BCUT2D eigenvalue weighted by molar-refractivity contribution is 6.46. The van der Waals surface area contributed by atoms with Crippen molar-refractivity contribution in [2.75, 3.05) is 13.2 Å². The fourth-order valence-corrected chi connectivity index (χ4v) is 4.12. The highest BCUT2D eigenvalue weighted by Crippen LogP contribution is 2.42. The molecule has 0 radical (unpaired) electrons. The Morgan fingerprint density at radius 1 is 1.00 bits per heavy atom. The third kappa shape index (κ3) is 5.04. The molecule has 1 aromatic heterocycles. The maximum absolute atomic E-state index is 13.2. The first-order chi connectivity index (χ1) is 17.0. The van der Waals surface area contributed by atoms with Crippen LogP contribution in [0.2, 0.25) is 0 Å². The number of ketones is 1. The predicted molar refractivity (Wildman–Crippen MR) is 132 cm³/mol. The van der Waals surface area contributed by atoms with Crippen LogP contribution in [0.25, 0.3) is 5.76 Å². The summed E-state index contributed by atoms with van der Waals surface area (Å²) in [7, 11) is 0. The molecule has 7 heteroatoms. The highest BCUT2D eigenvalue weighted by Gasteiger charge is 2.46. The first kappa shape index (κ1) is 24.0. The second kappa shape index (κ2) is 10.9. The van der Waals surface area contributed by atoms with Crippen LogP contribution >= 0.6 is 0 Å². The maximum atomic E-state index is 13.2. The lowest BCUT2D eigenvalue weighted by atomic mass is 9.95. The van der Waals surface area contributed by atoms with Crippen LogP contribution in [-0.2, 0) is 16.1 Å².